The summed E-state index contributed by atoms with van der Waals surface area (Å²) in [5.41, 5.74) is 0. The van der Waals surface area contributed by atoms with E-state index in [0.717, 1.165) is 0 Å². The Morgan fingerprint density at radius 1 is 1.09 bits per heavy atom. The van der Waals surface area contributed by atoms with Gasteiger partial charge in [0.1, 0.15) is 0 Å². The third-order valence-electron chi connectivity index (χ3n) is 4.13. The van der Waals surface area contributed by atoms with Crippen LogP contribution in [0.15, 0.2) is 0 Å². The topological polar surface area (TPSA) is 130 Å². The number of sulfone groups is 1. The smallest absolute Gasteiger partial charge is 0.308 e. The molecule has 8 nitrogen and oxygen atoms in total. The molecule has 132 valence electrons. The molecule has 0 aromatic rings. The number of nitrogens with one attached hydrogen (secondary N) is 2. The molecule has 0 radical (unpaired) electrons. The predicted molar refractivity (Wildman–Crippen MR) is 83.6 cm³/mol. The SMILES string of the molecule is CNC(C)C(=O)NC(C(=O)C1CS(=O)(=O)CC1C(=O)O)C(C)C. The van der Waals surface area contributed by atoms with Crippen molar-refractivity contribution in [2.75, 3.05) is 18.6 Å². The van der Waals surface area contributed by atoms with Crippen LogP contribution < -0.4 is 10.6 Å². The van der Waals surface area contributed by atoms with Crippen molar-refractivity contribution in [3.8, 4) is 0 Å². The largest absolute Gasteiger partial charge is 0.481 e. The lowest BCUT2D eigenvalue weighted by atomic mass is 9.84. The molecule has 9 heteroatoms. The molecule has 0 aromatic heterocycles. The van der Waals surface area contributed by atoms with Crippen molar-refractivity contribution in [3.63, 3.8) is 0 Å². The summed E-state index contributed by atoms with van der Waals surface area (Å²) in [7, 11) is -1.97. The van der Waals surface area contributed by atoms with Crippen molar-refractivity contribution < 1.29 is 27.9 Å². The first-order chi connectivity index (χ1) is 10.5. The molecule has 4 atom stereocenters. The second-order valence-electron chi connectivity index (χ2n) is 6.27. The Hall–Kier alpha value is -1.48. The highest BCUT2D eigenvalue weighted by molar-refractivity contribution is 7.91. The predicted octanol–water partition coefficient (Wildman–Crippen LogP) is -0.950. The molecule has 3 N–H and O–H groups in total. The molecular weight excluding hydrogens is 324 g/mol. The van der Waals surface area contributed by atoms with Gasteiger partial charge in [-0.15, -0.1) is 0 Å². The quantitative estimate of drug-likeness (QED) is 0.541. The van der Waals surface area contributed by atoms with Gasteiger partial charge in [0.25, 0.3) is 0 Å². The average molecular weight is 348 g/mol. The van der Waals surface area contributed by atoms with Gasteiger partial charge in [0.2, 0.25) is 5.91 Å². The van der Waals surface area contributed by atoms with Gasteiger partial charge >= 0.3 is 5.97 Å². The number of hydrogen-bond acceptors (Lipinski definition) is 6. The van der Waals surface area contributed by atoms with Crippen molar-refractivity contribution in [2.45, 2.75) is 32.9 Å². The standard InChI is InChI=1S/C14H24N2O6S/c1-7(2)11(16-13(18)8(3)15-4)12(17)9-5-23(21,22)6-10(9)14(19)20/h7-11,15H,5-6H2,1-4H3,(H,16,18)(H,19,20). The summed E-state index contributed by atoms with van der Waals surface area (Å²) in [6.45, 7) is 5.05. The maximum Gasteiger partial charge on any atom is 0.308 e. The van der Waals surface area contributed by atoms with Crippen LogP contribution in [0.25, 0.3) is 0 Å². The van der Waals surface area contributed by atoms with Gasteiger partial charge in [0, 0.05) is 5.92 Å². The van der Waals surface area contributed by atoms with E-state index in [-0.39, 0.29) is 5.92 Å². The fraction of sp³-hybridized carbons (Fsp3) is 0.786. The Bertz CT molecular complexity index is 586. The first-order valence-corrected chi connectivity index (χ1v) is 9.27. The molecule has 1 saturated heterocycles. The second kappa shape index (κ2) is 7.39. The summed E-state index contributed by atoms with van der Waals surface area (Å²) < 4.78 is 23.4. The minimum Gasteiger partial charge on any atom is -0.481 e. The van der Waals surface area contributed by atoms with Gasteiger partial charge in [-0.3, -0.25) is 14.4 Å². The van der Waals surface area contributed by atoms with E-state index in [4.69, 9.17) is 0 Å². The van der Waals surface area contributed by atoms with Crippen LogP contribution in [0.4, 0.5) is 0 Å². The van der Waals surface area contributed by atoms with Gasteiger partial charge in [-0.2, -0.15) is 0 Å². The molecule has 1 amide bonds. The van der Waals surface area contributed by atoms with Gasteiger partial charge < -0.3 is 15.7 Å². The van der Waals surface area contributed by atoms with E-state index < -0.39 is 62.9 Å². The first-order valence-electron chi connectivity index (χ1n) is 7.44. The van der Waals surface area contributed by atoms with Gasteiger partial charge in [0.05, 0.1) is 29.5 Å². The summed E-state index contributed by atoms with van der Waals surface area (Å²) in [5, 5.41) is 14.5. The van der Waals surface area contributed by atoms with Crippen molar-refractivity contribution in [1.82, 2.24) is 10.6 Å². The van der Waals surface area contributed by atoms with Gasteiger partial charge in [-0.25, -0.2) is 8.42 Å². The van der Waals surface area contributed by atoms with Gasteiger partial charge in [-0.05, 0) is 19.9 Å². The Balaban J connectivity index is 3.01. The number of carbonyl (C=O) groups is 3. The van der Waals surface area contributed by atoms with Crippen molar-refractivity contribution >= 4 is 27.5 Å². The maximum atomic E-state index is 12.7. The van der Waals surface area contributed by atoms with Crippen LogP contribution in [0, 0.1) is 17.8 Å². The molecule has 0 bridgehead atoms. The van der Waals surface area contributed by atoms with Crippen LogP contribution in [0.2, 0.25) is 0 Å². The highest BCUT2D eigenvalue weighted by atomic mass is 32.2. The molecular formula is C14H24N2O6S. The summed E-state index contributed by atoms with van der Waals surface area (Å²) in [6, 6.07) is -1.44. The van der Waals surface area contributed by atoms with Crippen molar-refractivity contribution in [2.24, 2.45) is 17.8 Å². The minimum absolute atomic E-state index is 0.284. The third kappa shape index (κ3) is 4.74. The normalized spacial score (nSPS) is 25.8. The lowest BCUT2D eigenvalue weighted by Crippen LogP contribution is -2.53. The molecule has 0 saturated carbocycles. The number of carbonyl (C=O) groups excluding carboxylic acids is 2. The highest BCUT2D eigenvalue weighted by Gasteiger charge is 2.48. The number of hydrogen-bond donors (Lipinski definition) is 3. The van der Waals surface area contributed by atoms with E-state index in [1.807, 2.05) is 0 Å². The zero-order valence-electron chi connectivity index (χ0n) is 13.7. The van der Waals surface area contributed by atoms with Crippen LogP contribution >= 0.6 is 0 Å². The molecule has 4 unspecified atom stereocenters. The molecule has 1 heterocycles. The van der Waals surface area contributed by atoms with E-state index in [9.17, 15) is 27.9 Å². The van der Waals surface area contributed by atoms with Crippen LogP contribution in [-0.2, 0) is 24.2 Å². The van der Waals surface area contributed by atoms with E-state index in [2.05, 4.69) is 10.6 Å². The summed E-state index contributed by atoms with van der Waals surface area (Å²) in [6.07, 6.45) is 0. The monoisotopic (exact) mass is 348 g/mol. The third-order valence-corrected chi connectivity index (χ3v) is 5.87. The van der Waals surface area contributed by atoms with Crippen LogP contribution in [-0.4, -0.2) is 61.8 Å². The van der Waals surface area contributed by atoms with Crippen LogP contribution in [0.3, 0.4) is 0 Å². The van der Waals surface area contributed by atoms with Crippen molar-refractivity contribution in [3.05, 3.63) is 0 Å². The lowest BCUT2D eigenvalue weighted by Gasteiger charge is -2.26. The number of carboxylic acids is 1. The molecule has 0 aliphatic carbocycles. The summed E-state index contributed by atoms with van der Waals surface area (Å²) >= 11 is 0. The van der Waals surface area contributed by atoms with Crippen LogP contribution in [0.5, 0.6) is 0 Å². The van der Waals surface area contributed by atoms with E-state index in [1.54, 1.807) is 27.8 Å². The Morgan fingerprint density at radius 2 is 1.61 bits per heavy atom. The number of ketones is 1. The summed E-state index contributed by atoms with van der Waals surface area (Å²) in [5.74, 6) is -5.93. The zero-order chi connectivity index (χ0) is 17.9. The van der Waals surface area contributed by atoms with Gasteiger partial charge in [0.15, 0.2) is 15.6 Å². The van der Waals surface area contributed by atoms with Gasteiger partial charge in [-0.1, -0.05) is 13.8 Å². The van der Waals surface area contributed by atoms with Crippen molar-refractivity contribution in [1.29, 1.82) is 0 Å². The number of likely N-dealkylation sites (N-methyl/N-ethyl adjacent to an activating group) is 1. The maximum absolute atomic E-state index is 12.7. The Morgan fingerprint density at radius 3 is 2.04 bits per heavy atom. The van der Waals surface area contributed by atoms with E-state index in [0.29, 0.717) is 0 Å². The van der Waals surface area contributed by atoms with E-state index in [1.165, 1.54) is 0 Å². The molecule has 1 rings (SSSR count). The average Bonchev–Trinajstić information content (AvgIpc) is 2.78. The zero-order valence-corrected chi connectivity index (χ0v) is 14.5. The Labute approximate surface area is 135 Å². The second-order valence-corrected chi connectivity index (χ2v) is 8.42. The lowest BCUT2D eigenvalue weighted by molar-refractivity contribution is -0.145. The fourth-order valence-corrected chi connectivity index (χ4v) is 4.58. The first kappa shape index (κ1) is 19.6. The molecule has 0 aromatic carbocycles. The number of carboxylic acid groups (broad SMARTS) is 1. The summed E-state index contributed by atoms with van der Waals surface area (Å²) in [4.78, 5) is 35.9. The number of Topliss-reactive ketones (excluding diaryl/α,β-unsaturated/α-hetero) is 1. The number of amides is 1. The number of aliphatic carboxylic acids is 1. The minimum atomic E-state index is -3.57. The number of rotatable bonds is 7. The fourth-order valence-electron chi connectivity index (χ4n) is 2.58. The molecule has 1 aliphatic rings. The Kier molecular flexibility index (Phi) is 6.29. The molecule has 1 aliphatic heterocycles. The molecule has 23 heavy (non-hydrogen) atoms. The molecule has 0 spiro atoms. The highest BCUT2D eigenvalue weighted by Crippen LogP contribution is 2.28. The molecule has 1 fully saturated rings. The van der Waals surface area contributed by atoms with Crippen LogP contribution in [0.1, 0.15) is 20.8 Å². The van der Waals surface area contributed by atoms with E-state index >= 15 is 0 Å².